The Bertz CT molecular complexity index is 860. The number of phenols is 1. The van der Waals surface area contributed by atoms with Crippen LogP contribution in [0.25, 0.3) is 0 Å². The average molecular weight is 353 g/mol. The fourth-order valence-electron chi connectivity index (χ4n) is 5.88. The number of aliphatic hydroxyl groups is 2. The van der Waals surface area contributed by atoms with E-state index in [1.54, 1.807) is 18.2 Å². The molecule has 1 aromatic rings. The van der Waals surface area contributed by atoms with Crippen molar-refractivity contribution in [1.29, 1.82) is 0 Å². The molecule has 5 nitrogen and oxygen atoms in total. The van der Waals surface area contributed by atoms with E-state index in [1.165, 1.54) is 19.3 Å². The Kier molecular flexibility index (Phi) is 2.70. The van der Waals surface area contributed by atoms with E-state index in [1.807, 2.05) is 12.1 Å². The van der Waals surface area contributed by atoms with Gasteiger partial charge in [0, 0.05) is 12.1 Å². The van der Waals surface area contributed by atoms with Crippen molar-refractivity contribution in [1.82, 2.24) is 4.90 Å². The first-order chi connectivity index (χ1) is 12.5. The molecule has 6 rings (SSSR count). The number of phenolic OH excluding ortho intramolecular Hbond substituents is 1. The number of rotatable bonds is 2. The highest BCUT2D eigenvalue weighted by Crippen LogP contribution is 2.63. The maximum absolute atomic E-state index is 11.9. The van der Waals surface area contributed by atoms with Crippen LogP contribution in [0.4, 0.5) is 0 Å². The molecule has 5 atom stereocenters. The Balaban J connectivity index is 1.58. The molecule has 0 aromatic heterocycles. The quantitative estimate of drug-likeness (QED) is 0.705. The highest BCUT2D eigenvalue weighted by molar-refractivity contribution is 5.66. The van der Waals surface area contributed by atoms with Crippen molar-refractivity contribution in [2.75, 3.05) is 6.54 Å². The predicted octanol–water partition coefficient (Wildman–Crippen LogP) is 1.61. The zero-order chi connectivity index (χ0) is 17.7. The van der Waals surface area contributed by atoms with E-state index >= 15 is 0 Å². The minimum atomic E-state index is -1.15. The van der Waals surface area contributed by atoms with Gasteiger partial charge in [-0.15, -0.1) is 0 Å². The first-order valence-electron chi connectivity index (χ1n) is 9.61. The molecule has 1 fully saturated rings. The van der Waals surface area contributed by atoms with Crippen molar-refractivity contribution in [3.8, 4) is 11.5 Å². The smallest absolute Gasteiger partial charge is 0.166 e. The molecular weight excluding hydrogens is 330 g/mol. The molecule has 0 unspecified atom stereocenters. The molecule has 26 heavy (non-hydrogen) atoms. The molecule has 3 aliphatic carbocycles. The van der Waals surface area contributed by atoms with Crippen LogP contribution in [0, 0.1) is 5.92 Å². The molecule has 3 N–H and O–H groups in total. The minimum absolute atomic E-state index is 0.0748. The number of benzene rings is 1. The van der Waals surface area contributed by atoms with Gasteiger partial charge in [-0.2, -0.15) is 0 Å². The molecule has 2 heterocycles. The molecule has 0 saturated heterocycles. The number of ether oxygens (including phenoxy) is 1. The molecule has 2 aliphatic heterocycles. The molecular formula is C21H23NO4. The Labute approximate surface area is 152 Å². The Hall–Kier alpha value is -1.98. The molecule has 1 saturated carbocycles. The van der Waals surface area contributed by atoms with Crippen molar-refractivity contribution in [2.24, 2.45) is 5.92 Å². The predicted molar refractivity (Wildman–Crippen MR) is 95.0 cm³/mol. The standard InChI is InChI=1S/C21H23NO4/c23-14-5-4-13-10-16-21(25)7-6-15(24)19-20(21,17(13)18(14)26-19)8-9-22(16)11-12-2-1-3-12/h4-9,12,15-16,19,23-25H,1-3,10-11H2/t15-,16+,19-,20-,21+/m0/s1. The van der Waals surface area contributed by atoms with E-state index in [2.05, 4.69) is 11.1 Å². The van der Waals surface area contributed by atoms with E-state index in [0.29, 0.717) is 18.1 Å². The van der Waals surface area contributed by atoms with Crippen molar-refractivity contribution in [3.63, 3.8) is 0 Å². The van der Waals surface area contributed by atoms with Gasteiger partial charge in [0.05, 0.1) is 11.5 Å². The second-order valence-corrected chi connectivity index (χ2v) is 8.56. The largest absolute Gasteiger partial charge is 0.504 e. The maximum atomic E-state index is 11.9. The Morgan fingerprint density at radius 2 is 2.08 bits per heavy atom. The first kappa shape index (κ1) is 15.1. The lowest BCUT2D eigenvalue weighted by Crippen LogP contribution is -2.73. The zero-order valence-electron chi connectivity index (χ0n) is 14.5. The normalized spacial score (nSPS) is 41.6. The lowest BCUT2D eigenvalue weighted by atomic mass is 9.52. The number of nitrogens with zero attached hydrogens (tertiary/aromatic N) is 1. The summed E-state index contributed by atoms with van der Waals surface area (Å²) in [6, 6.07) is 3.52. The third-order valence-electron chi connectivity index (χ3n) is 7.40. The van der Waals surface area contributed by atoms with Gasteiger partial charge >= 0.3 is 0 Å². The topological polar surface area (TPSA) is 73.2 Å². The maximum Gasteiger partial charge on any atom is 0.166 e. The van der Waals surface area contributed by atoms with Crippen molar-refractivity contribution in [2.45, 2.75) is 54.9 Å². The van der Waals surface area contributed by atoms with Crippen molar-refractivity contribution in [3.05, 3.63) is 47.7 Å². The van der Waals surface area contributed by atoms with Crippen LogP contribution >= 0.6 is 0 Å². The fourth-order valence-corrected chi connectivity index (χ4v) is 5.88. The van der Waals surface area contributed by atoms with Crippen molar-refractivity contribution < 1.29 is 20.1 Å². The Morgan fingerprint density at radius 1 is 1.23 bits per heavy atom. The summed E-state index contributed by atoms with van der Waals surface area (Å²) >= 11 is 0. The second kappa shape index (κ2) is 4.65. The summed E-state index contributed by atoms with van der Waals surface area (Å²) < 4.78 is 6.05. The van der Waals surface area contributed by atoms with E-state index < -0.39 is 23.2 Å². The average Bonchev–Trinajstić information content (AvgIpc) is 2.93. The van der Waals surface area contributed by atoms with Crippen LogP contribution in [-0.2, 0) is 11.8 Å². The van der Waals surface area contributed by atoms with Crippen LogP contribution in [-0.4, -0.2) is 50.6 Å². The van der Waals surface area contributed by atoms with Crippen LogP contribution in [0.5, 0.6) is 11.5 Å². The molecule has 5 heteroatoms. The lowest BCUT2D eigenvalue weighted by Gasteiger charge is -2.59. The second-order valence-electron chi connectivity index (χ2n) is 8.56. The molecule has 0 amide bonds. The van der Waals surface area contributed by atoms with Gasteiger partial charge in [-0.1, -0.05) is 30.7 Å². The Morgan fingerprint density at radius 3 is 2.85 bits per heavy atom. The summed E-state index contributed by atoms with van der Waals surface area (Å²) in [5, 5.41) is 32.9. The summed E-state index contributed by atoms with van der Waals surface area (Å²) in [5.74, 6) is 1.19. The number of hydrogen-bond acceptors (Lipinski definition) is 5. The van der Waals surface area contributed by atoms with E-state index in [9.17, 15) is 15.3 Å². The van der Waals surface area contributed by atoms with Crippen LogP contribution in [0.3, 0.4) is 0 Å². The molecule has 1 aromatic carbocycles. The van der Waals surface area contributed by atoms with Crippen LogP contribution in [0.2, 0.25) is 0 Å². The van der Waals surface area contributed by atoms with Crippen molar-refractivity contribution >= 4 is 0 Å². The first-order valence-corrected chi connectivity index (χ1v) is 9.61. The zero-order valence-corrected chi connectivity index (χ0v) is 14.5. The lowest BCUT2D eigenvalue weighted by molar-refractivity contribution is -0.113. The molecule has 2 bridgehead atoms. The van der Waals surface area contributed by atoms with E-state index in [-0.39, 0.29) is 11.8 Å². The van der Waals surface area contributed by atoms with Gasteiger partial charge in [-0.25, -0.2) is 0 Å². The number of aromatic hydroxyl groups is 1. The third kappa shape index (κ3) is 1.52. The van der Waals surface area contributed by atoms with Gasteiger partial charge in [0.25, 0.3) is 0 Å². The summed E-state index contributed by atoms with van der Waals surface area (Å²) in [7, 11) is 0. The summed E-state index contributed by atoms with van der Waals surface area (Å²) in [6.07, 6.45) is 10.6. The van der Waals surface area contributed by atoms with Gasteiger partial charge < -0.3 is 25.0 Å². The number of hydrogen-bond donors (Lipinski definition) is 3. The number of aliphatic hydroxyl groups excluding tert-OH is 1. The molecule has 5 aliphatic rings. The molecule has 1 spiro atoms. The van der Waals surface area contributed by atoms with E-state index in [0.717, 1.165) is 17.7 Å². The molecule has 136 valence electrons. The van der Waals surface area contributed by atoms with Crippen LogP contribution in [0.1, 0.15) is 30.4 Å². The van der Waals surface area contributed by atoms with Gasteiger partial charge in [0.15, 0.2) is 11.5 Å². The van der Waals surface area contributed by atoms with Gasteiger partial charge in [-0.05, 0) is 43.0 Å². The van der Waals surface area contributed by atoms with Crippen LogP contribution < -0.4 is 4.74 Å². The fraction of sp³-hybridized carbons (Fsp3) is 0.524. The summed E-state index contributed by atoms with van der Waals surface area (Å²) in [4.78, 5) is 2.29. The summed E-state index contributed by atoms with van der Waals surface area (Å²) in [6.45, 7) is 0.960. The summed E-state index contributed by atoms with van der Waals surface area (Å²) in [5.41, 5.74) is -0.0463. The highest BCUT2D eigenvalue weighted by atomic mass is 16.5. The third-order valence-corrected chi connectivity index (χ3v) is 7.40. The SMILES string of the molecule is Oc1ccc2c3c1O[C@H]1[C@@H](O)C=C[C@@]4(O)[C@@H](C2)N(CC2CCC2)C=C[C@]314. The van der Waals surface area contributed by atoms with Crippen LogP contribution in [0.15, 0.2) is 36.6 Å². The highest BCUT2D eigenvalue weighted by Gasteiger charge is 2.70. The van der Waals surface area contributed by atoms with E-state index in [4.69, 9.17) is 4.74 Å². The monoisotopic (exact) mass is 353 g/mol. The van der Waals surface area contributed by atoms with Gasteiger partial charge in [0.2, 0.25) is 0 Å². The van der Waals surface area contributed by atoms with Gasteiger partial charge in [-0.3, -0.25) is 0 Å². The minimum Gasteiger partial charge on any atom is -0.504 e. The van der Waals surface area contributed by atoms with Gasteiger partial charge in [0.1, 0.15) is 17.8 Å². The molecule has 0 radical (unpaired) electrons.